The number of phenols is 1. The fourth-order valence-corrected chi connectivity index (χ4v) is 0.987. The SMILES string of the molecule is Nc1nc(N)nc(NCO)n1.Oc1ccccc1. The van der Waals surface area contributed by atoms with E-state index in [1.54, 1.807) is 24.3 Å². The smallest absolute Gasteiger partial charge is 0.231 e. The molecule has 2 rings (SSSR count). The van der Waals surface area contributed by atoms with Crippen LogP contribution in [0.3, 0.4) is 0 Å². The predicted octanol–water partition coefficient (Wildman–Crippen LogP) is -0.210. The van der Waals surface area contributed by atoms with Gasteiger partial charge in [0.1, 0.15) is 12.5 Å². The normalized spacial score (nSPS) is 9.17. The first kappa shape index (κ1) is 13.5. The van der Waals surface area contributed by atoms with Crippen molar-refractivity contribution in [3.05, 3.63) is 30.3 Å². The van der Waals surface area contributed by atoms with E-state index in [4.69, 9.17) is 21.7 Å². The number of aliphatic hydroxyl groups excluding tert-OH is 1. The molecule has 0 saturated heterocycles. The van der Waals surface area contributed by atoms with Crippen LogP contribution in [0.25, 0.3) is 0 Å². The number of nitrogen functional groups attached to an aromatic ring is 2. The number of aromatic nitrogens is 3. The van der Waals surface area contributed by atoms with E-state index in [0.717, 1.165) is 0 Å². The summed E-state index contributed by atoms with van der Waals surface area (Å²) in [6.45, 7) is -0.275. The molecule has 0 unspecified atom stereocenters. The number of para-hydroxylation sites is 1. The summed E-state index contributed by atoms with van der Waals surface area (Å²) in [5, 5.41) is 19.5. The maximum Gasteiger partial charge on any atom is 0.231 e. The van der Waals surface area contributed by atoms with E-state index >= 15 is 0 Å². The van der Waals surface area contributed by atoms with Crippen molar-refractivity contribution in [2.45, 2.75) is 0 Å². The molecule has 2 aromatic rings. The molecule has 1 heterocycles. The number of benzene rings is 1. The molecule has 0 aliphatic heterocycles. The van der Waals surface area contributed by atoms with Crippen LogP contribution in [0.5, 0.6) is 5.75 Å². The van der Waals surface area contributed by atoms with Crippen LogP contribution >= 0.6 is 0 Å². The Hall–Kier alpha value is -2.61. The second-order valence-corrected chi connectivity index (χ2v) is 3.05. The molecule has 0 atom stereocenters. The Morgan fingerprint density at radius 1 is 1.00 bits per heavy atom. The van der Waals surface area contributed by atoms with Crippen LogP contribution < -0.4 is 16.8 Å². The molecule has 0 aliphatic rings. The van der Waals surface area contributed by atoms with Gasteiger partial charge < -0.3 is 27.0 Å². The number of rotatable bonds is 2. The van der Waals surface area contributed by atoms with Gasteiger partial charge in [-0.25, -0.2) is 0 Å². The summed E-state index contributed by atoms with van der Waals surface area (Å²) in [4.78, 5) is 10.8. The highest BCUT2D eigenvalue weighted by Crippen LogP contribution is 2.03. The highest BCUT2D eigenvalue weighted by Gasteiger charge is 1.98. The first-order chi connectivity index (χ1) is 8.61. The van der Waals surface area contributed by atoms with E-state index in [9.17, 15) is 0 Å². The molecule has 0 fully saturated rings. The van der Waals surface area contributed by atoms with Gasteiger partial charge in [0.25, 0.3) is 0 Å². The van der Waals surface area contributed by atoms with E-state index in [-0.39, 0.29) is 24.6 Å². The number of anilines is 3. The van der Waals surface area contributed by atoms with Crippen LogP contribution in [0.15, 0.2) is 30.3 Å². The van der Waals surface area contributed by atoms with Crippen LogP contribution in [-0.2, 0) is 0 Å². The number of aromatic hydroxyl groups is 1. The van der Waals surface area contributed by atoms with E-state index < -0.39 is 0 Å². The van der Waals surface area contributed by atoms with Crippen molar-refractivity contribution < 1.29 is 10.2 Å². The zero-order valence-electron chi connectivity index (χ0n) is 9.48. The fraction of sp³-hybridized carbons (Fsp3) is 0.100. The van der Waals surface area contributed by atoms with Gasteiger partial charge in [0, 0.05) is 0 Å². The van der Waals surface area contributed by atoms with Gasteiger partial charge in [-0.2, -0.15) is 15.0 Å². The topological polar surface area (TPSA) is 143 Å². The van der Waals surface area contributed by atoms with Crippen LogP contribution in [0.4, 0.5) is 17.8 Å². The van der Waals surface area contributed by atoms with Crippen molar-refractivity contribution in [2.24, 2.45) is 0 Å². The summed E-state index contributed by atoms with van der Waals surface area (Å²) in [6, 6.07) is 8.71. The van der Waals surface area contributed by atoms with Crippen LogP contribution in [0.2, 0.25) is 0 Å². The Morgan fingerprint density at radius 3 is 1.94 bits per heavy atom. The maximum atomic E-state index is 8.63. The first-order valence-electron chi connectivity index (χ1n) is 4.97. The maximum absolute atomic E-state index is 8.63. The molecule has 96 valence electrons. The summed E-state index contributed by atoms with van der Waals surface area (Å²) in [7, 11) is 0. The van der Waals surface area contributed by atoms with Crippen molar-refractivity contribution in [3.63, 3.8) is 0 Å². The molecule has 8 heteroatoms. The molecule has 1 aromatic heterocycles. The predicted molar refractivity (Wildman–Crippen MR) is 67.5 cm³/mol. The van der Waals surface area contributed by atoms with Crippen molar-refractivity contribution in [2.75, 3.05) is 23.5 Å². The Labute approximate surface area is 103 Å². The average molecular weight is 250 g/mol. The van der Waals surface area contributed by atoms with Crippen LogP contribution in [0, 0.1) is 0 Å². The summed E-state index contributed by atoms with van der Waals surface area (Å²) >= 11 is 0. The zero-order valence-corrected chi connectivity index (χ0v) is 9.48. The van der Waals surface area contributed by atoms with Crippen molar-refractivity contribution in [1.82, 2.24) is 15.0 Å². The second kappa shape index (κ2) is 6.86. The van der Waals surface area contributed by atoms with Crippen LogP contribution in [-0.4, -0.2) is 31.9 Å². The third-order valence-electron chi connectivity index (χ3n) is 1.66. The van der Waals surface area contributed by atoms with E-state index in [0.29, 0.717) is 5.75 Å². The number of aliphatic hydroxyl groups is 1. The Bertz CT molecular complexity index is 459. The van der Waals surface area contributed by atoms with Gasteiger partial charge in [-0.1, -0.05) is 18.2 Å². The molecule has 0 spiro atoms. The number of hydrogen-bond acceptors (Lipinski definition) is 8. The van der Waals surface area contributed by atoms with Gasteiger partial charge in [0.15, 0.2) is 0 Å². The van der Waals surface area contributed by atoms with Crippen molar-refractivity contribution in [1.29, 1.82) is 0 Å². The lowest BCUT2D eigenvalue weighted by atomic mass is 10.3. The Morgan fingerprint density at radius 2 is 1.56 bits per heavy atom. The summed E-state index contributed by atoms with van der Waals surface area (Å²) in [5.74, 6) is 0.530. The van der Waals surface area contributed by atoms with E-state index in [2.05, 4.69) is 20.3 Å². The molecule has 8 nitrogen and oxygen atoms in total. The fourth-order valence-electron chi connectivity index (χ4n) is 0.987. The molecule has 0 bridgehead atoms. The molecule has 18 heavy (non-hydrogen) atoms. The zero-order chi connectivity index (χ0) is 13.4. The number of nitrogens with one attached hydrogen (secondary N) is 1. The standard InChI is InChI=1S/C6H6O.C4H8N6O/c7-6-4-2-1-3-5-6;5-2-8-3(6)10-4(9-2)7-1-11/h1-5,7H;11H,1H2,(H5,5,6,7,8,9,10). The Balaban J connectivity index is 0.000000199. The minimum atomic E-state index is -0.275. The molecule has 7 N–H and O–H groups in total. The minimum absolute atomic E-state index is 0.0217. The van der Waals surface area contributed by atoms with E-state index in [1.165, 1.54) is 0 Å². The van der Waals surface area contributed by atoms with Gasteiger partial charge in [0.05, 0.1) is 0 Å². The van der Waals surface area contributed by atoms with Crippen LogP contribution in [0.1, 0.15) is 0 Å². The largest absolute Gasteiger partial charge is 0.508 e. The van der Waals surface area contributed by atoms with Crippen molar-refractivity contribution in [3.8, 4) is 5.75 Å². The number of nitrogens with two attached hydrogens (primary N) is 2. The molecular weight excluding hydrogens is 236 g/mol. The molecule has 0 amide bonds. The van der Waals surface area contributed by atoms with Crippen molar-refractivity contribution >= 4 is 17.8 Å². The third kappa shape index (κ3) is 4.94. The second-order valence-electron chi connectivity index (χ2n) is 3.05. The Kier molecular flexibility index (Phi) is 5.13. The molecule has 0 saturated carbocycles. The van der Waals surface area contributed by atoms with Gasteiger partial charge in [-0.05, 0) is 12.1 Å². The lowest BCUT2D eigenvalue weighted by Crippen LogP contribution is -2.09. The quantitative estimate of drug-likeness (QED) is 0.460. The summed E-state index contributed by atoms with van der Waals surface area (Å²) < 4.78 is 0. The molecule has 0 aliphatic carbocycles. The number of phenolic OH excluding ortho intramolecular Hbond substituents is 1. The lowest BCUT2D eigenvalue weighted by molar-refractivity contribution is 0.324. The summed E-state index contributed by atoms with van der Waals surface area (Å²) in [5.41, 5.74) is 10.5. The highest BCUT2D eigenvalue weighted by atomic mass is 16.3. The number of hydrogen-bond donors (Lipinski definition) is 5. The molecular formula is C10H14N6O2. The first-order valence-corrected chi connectivity index (χ1v) is 4.97. The monoisotopic (exact) mass is 250 g/mol. The van der Waals surface area contributed by atoms with Gasteiger partial charge >= 0.3 is 0 Å². The van der Waals surface area contributed by atoms with E-state index in [1.807, 2.05) is 6.07 Å². The molecule has 0 radical (unpaired) electrons. The highest BCUT2D eigenvalue weighted by molar-refractivity contribution is 5.36. The van der Waals surface area contributed by atoms with Gasteiger partial charge in [-0.3, -0.25) is 0 Å². The minimum Gasteiger partial charge on any atom is -0.508 e. The number of nitrogens with zero attached hydrogens (tertiary/aromatic N) is 3. The lowest BCUT2D eigenvalue weighted by Gasteiger charge is -2.00. The average Bonchev–Trinajstić information content (AvgIpc) is 2.30. The van der Waals surface area contributed by atoms with Gasteiger partial charge in [0.2, 0.25) is 17.8 Å². The third-order valence-corrected chi connectivity index (χ3v) is 1.66. The summed E-state index contributed by atoms with van der Waals surface area (Å²) in [6.07, 6.45) is 0. The molecule has 1 aromatic carbocycles. The van der Waals surface area contributed by atoms with Gasteiger partial charge in [-0.15, -0.1) is 0 Å².